The molecule has 2 nitrogen and oxygen atoms in total. The third-order valence-corrected chi connectivity index (χ3v) is 3.16. The van der Waals surface area contributed by atoms with E-state index in [1.54, 1.807) is 24.3 Å². The first-order chi connectivity index (χ1) is 8.61. The zero-order chi connectivity index (χ0) is 13.1. The summed E-state index contributed by atoms with van der Waals surface area (Å²) in [6, 6.07) is 11.6. The number of anilines is 2. The molecule has 2 aromatic carbocycles. The van der Waals surface area contributed by atoms with Gasteiger partial charge in [0.1, 0.15) is 5.82 Å². The van der Waals surface area contributed by atoms with Crippen LogP contribution >= 0.6 is 11.6 Å². The summed E-state index contributed by atoms with van der Waals surface area (Å²) in [5, 5.41) is 9.57. The van der Waals surface area contributed by atoms with Crippen molar-refractivity contribution >= 4 is 23.0 Å². The lowest BCUT2D eigenvalue weighted by Crippen LogP contribution is -2.09. The van der Waals surface area contributed by atoms with Crippen LogP contribution in [-0.4, -0.2) is 12.2 Å². The Kier molecular flexibility index (Phi) is 3.84. The van der Waals surface area contributed by atoms with Crippen molar-refractivity contribution in [3.8, 4) is 0 Å². The summed E-state index contributed by atoms with van der Waals surface area (Å²) in [6.45, 7) is -0.0840. The topological polar surface area (TPSA) is 23.5 Å². The van der Waals surface area contributed by atoms with Gasteiger partial charge < -0.3 is 10.0 Å². The molecule has 0 fully saturated rings. The minimum atomic E-state index is -0.263. The van der Waals surface area contributed by atoms with Crippen molar-refractivity contribution in [2.75, 3.05) is 11.9 Å². The van der Waals surface area contributed by atoms with Gasteiger partial charge in [0, 0.05) is 23.4 Å². The van der Waals surface area contributed by atoms with Crippen LogP contribution in [0, 0.1) is 5.82 Å². The number of hydrogen-bond donors (Lipinski definition) is 1. The van der Waals surface area contributed by atoms with E-state index in [1.807, 2.05) is 18.0 Å². The van der Waals surface area contributed by atoms with Crippen molar-refractivity contribution < 1.29 is 9.50 Å². The van der Waals surface area contributed by atoms with Gasteiger partial charge in [-0.15, -0.1) is 0 Å². The minimum absolute atomic E-state index is 0.0840. The molecule has 0 aliphatic carbocycles. The highest BCUT2D eigenvalue weighted by molar-refractivity contribution is 6.31. The van der Waals surface area contributed by atoms with Crippen LogP contribution in [0.15, 0.2) is 42.5 Å². The number of aliphatic hydroxyl groups excluding tert-OH is 1. The van der Waals surface area contributed by atoms with Crippen molar-refractivity contribution in [2.24, 2.45) is 0 Å². The Labute approximate surface area is 110 Å². The molecular formula is C14H13ClFNO. The molecule has 2 aromatic rings. The van der Waals surface area contributed by atoms with Gasteiger partial charge in [-0.25, -0.2) is 4.39 Å². The van der Waals surface area contributed by atoms with Crippen molar-refractivity contribution in [1.82, 2.24) is 0 Å². The zero-order valence-corrected chi connectivity index (χ0v) is 10.7. The van der Waals surface area contributed by atoms with Gasteiger partial charge in [0.15, 0.2) is 0 Å². The van der Waals surface area contributed by atoms with Crippen LogP contribution in [0.3, 0.4) is 0 Å². The van der Waals surface area contributed by atoms with E-state index >= 15 is 0 Å². The van der Waals surface area contributed by atoms with E-state index in [0.29, 0.717) is 10.6 Å². The molecule has 0 saturated heterocycles. The highest BCUT2D eigenvalue weighted by Crippen LogP contribution is 2.28. The van der Waals surface area contributed by atoms with Crippen molar-refractivity contribution in [2.45, 2.75) is 6.61 Å². The first kappa shape index (κ1) is 12.9. The predicted octanol–water partition coefficient (Wildman–Crippen LogP) is 3.74. The fraction of sp³-hybridized carbons (Fsp3) is 0.143. The molecule has 0 unspecified atom stereocenters. The minimum Gasteiger partial charge on any atom is -0.392 e. The van der Waals surface area contributed by atoms with Gasteiger partial charge in [0.25, 0.3) is 0 Å². The lowest BCUT2D eigenvalue weighted by atomic mass is 10.2. The maximum Gasteiger partial charge on any atom is 0.123 e. The second-order valence-electron chi connectivity index (χ2n) is 3.97. The van der Waals surface area contributed by atoms with Crippen LogP contribution in [0.4, 0.5) is 15.8 Å². The molecule has 4 heteroatoms. The van der Waals surface area contributed by atoms with E-state index in [-0.39, 0.29) is 12.4 Å². The molecule has 0 aliphatic rings. The number of rotatable bonds is 3. The first-order valence-electron chi connectivity index (χ1n) is 5.50. The fourth-order valence-corrected chi connectivity index (χ4v) is 1.92. The van der Waals surface area contributed by atoms with Crippen LogP contribution in [0.2, 0.25) is 5.02 Å². The fourth-order valence-electron chi connectivity index (χ4n) is 1.69. The lowest BCUT2D eigenvalue weighted by Gasteiger charge is -2.20. The maximum absolute atomic E-state index is 12.8. The second-order valence-corrected chi connectivity index (χ2v) is 4.38. The van der Waals surface area contributed by atoms with E-state index < -0.39 is 0 Å². The molecule has 1 N–H and O–H groups in total. The van der Waals surface area contributed by atoms with Gasteiger partial charge in [-0.05, 0) is 42.0 Å². The highest BCUT2D eigenvalue weighted by atomic mass is 35.5. The first-order valence-corrected chi connectivity index (χ1v) is 5.88. The Morgan fingerprint density at radius 1 is 1.11 bits per heavy atom. The van der Waals surface area contributed by atoms with E-state index in [4.69, 9.17) is 16.7 Å². The molecule has 0 saturated carbocycles. The number of nitrogens with zero attached hydrogens (tertiary/aromatic N) is 1. The molecule has 2 rings (SSSR count). The number of halogens is 2. The third-order valence-electron chi connectivity index (χ3n) is 2.81. The second kappa shape index (κ2) is 5.38. The van der Waals surface area contributed by atoms with Crippen LogP contribution in [0.25, 0.3) is 0 Å². The summed E-state index contributed by atoms with van der Waals surface area (Å²) in [5.74, 6) is -0.263. The molecule has 0 aromatic heterocycles. The Morgan fingerprint density at radius 3 is 2.28 bits per heavy atom. The summed E-state index contributed by atoms with van der Waals surface area (Å²) in [5.41, 5.74) is 2.43. The zero-order valence-electron chi connectivity index (χ0n) is 9.90. The lowest BCUT2D eigenvalue weighted by molar-refractivity contribution is 0.282. The molecule has 0 bridgehead atoms. The van der Waals surface area contributed by atoms with Crippen molar-refractivity contribution in [3.63, 3.8) is 0 Å². The van der Waals surface area contributed by atoms with Gasteiger partial charge in [0.05, 0.1) is 6.61 Å². The summed E-state index contributed by atoms with van der Waals surface area (Å²) < 4.78 is 12.8. The average Bonchev–Trinajstić information content (AvgIpc) is 2.38. The largest absolute Gasteiger partial charge is 0.392 e. The molecule has 94 valence electrons. The molecule has 0 aliphatic heterocycles. The molecule has 0 radical (unpaired) electrons. The number of aliphatic hydroxyl groups is 1. The Hall–Kier alpha value is -1.58. The summed E-state index contributed by atoms with van der Waals surface area (Å²) in [4.78, 5) is 1.90. The van der Waals surface area contributed by atoms with Crippen LogP contribution in [-0.2, 0) is 6.61 Å². The Bertz CT molecular complexity index is 542. The van der Waals surface area contributed by atoms with E-state index in [0.717, 1.165) is 11.4 Å². The smallest absolute Gasteiger partial charge is 0.123 e. The Morgan fingerprint density at radius 2 is 1.72 bits per heavy atom. The summed E-state index contributed by atoms with van der Waals surface area (Å²) >= 11 is 6.04. The van der Waals surface area contributed by atoms with E-state index in [9.17, 15) is 4.39 Å². The summed E-state index contributed by atoms with van der Waals surface area (Å²) in [7, 11) is 1.87. The van der Waals surface area contributed by atoms with Crippen LogP contribution in [0.5, 0.6) is 0 Å². The van der Waals surface area contributed by atoms with Crippen molar-refractivity contribution in [3.05, 3.63) is 58.9 Å². The highest BCUT2D eigenvalue weighted by Gasteiger charge is 2.07. The van der Waals surface area contributed by atoms with Gasteiger partial charge in [0.2, 0.25) is 0 Å². The maximum atomic E-state index is 12.8. The van der Waals surface area contributed by atoms with Crippen LogP contribution < -0.4 is 4.90 Å². The SMILES string of the molecule is CN(c1ccc(F)cc1)c1ccc(CO)c(Cl)c1. The number of hydrogen-bond acceptors (Lipinski definition) is 2. The quantitative estimate of drug-likeness (QED) is 0.914. The van der Waals surface area contributed by atoms with Gasteiger partial charge >= 0.3 is 0 Å². The normalized spacial score (nSPS) is 10.4. The standard InChI is InChI=1S/C14H13ClFNO/c1-17(12-6-3-11(16)4-7-12)13-5-2-10(9-18)14(15)8-13/h2-8,18H,9H2,1H3. The van der Waals surface area contributed by atoms with Gasteiger partial charge in [-0.2, -0.15) is 0 Å². The molecule has 0 heterocycles. The molecular weight excluding hydrogens is 253 g/mol. The monoisotopic (exact) mass is 265 g/mol. The van der Waals surface area contributed by atoms with E-state index in [1.165, 1.54) is 12.1 Å². The summed E-state index contributed by atoms with van der Waals surface area (Å²) in [6.07, 6.45) is 0. The predicted molar refractivity (Wildman–Crippen MR) is 71.8 cm³/mol. The molecule has 18 heavy (non-hydrogen) atoms. The van der Waals surface area contributed by atoms with Crippen molar-refractivity contribution in [1.29, 1.82) is 0 Å². The molecule has 0 spiro atoms. The van der Waals surface area contributed by atoms with Crippen LogP contribution in [0.1, 0.15) is 5.56 Å². The van der Waals surface area contributed by atoms with Gasteiger partial charge in [-0.1, -0.05) is 17.7 Å². The Balaban J connectivity index is 2.31. The molecule has 0 atom stereocenters. The van der Waals surface area contributed by atoms with E-state index in [2.05, 4.69) is 0 Å². The average molecular weight is 266 g/mol. The van der Waals surface area contributed by atoms with Gasteiger partial charge in [-0.3, -0.25) is 0 Å². The third kappa shape index (κ3) is 2.63. The molecule has 0 amide bonds. The number of benzene rings is 2.